The molecule has 1 aromatic heterocycles. The maximum Gasteiger partial charge on any atom is 0.212 e. The van der Waals surface area contributed by atoms with Crippen molar-refractivity contribution in [3.8, 4) is 5.88 Å². The van der Waals surface area contributed by atoms with Crippen LogP contribution in [0.5, 0.6) is 5.88 Å². The first-order valence-corrected chi connectivity index (χ1v) is 5.64. The van der Waals surface area contributed by atoms with Crippen LogP contribution >= 0.6 is 12.4 Å². The van der Waals surface area contributed by atoms with Crippen molar-refractivity contribution in [2.45, 2.75) is 24.9 Å². The van der Waals surface area contributed by atoms with E-state index in [1.807, 2.05) is 12.1 Å². The Balaban J connectivity index is 0.00000144. The molecule has 0 amide bonds. The SMILES string of the molecule is COc1ccc(CC2(O)CCNCC2)cn1.Cl. The summed E-state index contributed by atoms with van der Waals surface area (Å²) in [7, 11) is 1.60. The summed E-state index contributed by atoms with van der Waals surface area (Å²) in [6.07, 6.45) is 4.06. The van der Waals surface area contributed by atoms with Crippen molar-refractivity contribution in [3.63, 3.8) is 0 Å². The number of rotatable bonds is 3. The first kappa shape index (κ1) is 14.2. The summed E-state index contributed by atoms with van der Waals surface area (Å²) < 4.78 is 5.00. The molecule has 4 nitrogen and oxygen atoms in total. The van der Waals surface area contributed by atoms with E-state index in [0.717, 1.165) is 31.5 Å². The predicted molar refractivity (Wildman–Crippen MR) is 68.8 cm³/mol. The van der Waals surface area contributed by atoms with Crippen molar-refractivity contribution >= 4 is 12.4 Å². The van der Waals surface area contributed by atoms with E-state index in [1.165, 1.54) is 0 Å². The van der Waals surface area contributed by atoms with Crippen molar-refractivity contribution in [2.24, 2.45) is 0 Å². The Labute approximate surface area is 108 Å². The molecule has 2 rings (SSSR count). The van der Waals surface area contributed by atoms with Crippen molar-refractivity contribution in [1.82, 2.24) is 10.3 Å². The lowest BCUT2D eigenvalue weighted by Gasteiger charge is -2.32. The molecule has 1 fully saturated rings. The molecule has 1 saturated heterocycles. The van der Waals surface area contributed by atoms with Gasteiger partial charge in [-0.25, -0.2) is 4.98 Å². The van der Waals surface area contributed by atoms with E-state index in [0.29, 0.717) is 12.3 Å². The number of aromatic nitrogens is 1. The standard InChI is InChI=1S/C12H18N2O2.ClH/c1-16-11-3-2-10(9-14-11)8-12(15)4-6-13-7-5-12;/h2-3,9,13,15H,4-8H2,1H3;1H. The summed E-state index contributed by atoms with van der Waals surface area (Å²) >= 11 is 0. The molecule has 0 atom stereocenters. The van der Waals surface area contributed by atoms with Crippen LogP contribution in [0.2, 0.25) is 0 Å². The lowest BCUT2D eigenvalue weighted by molar-refractivity contribution is 0.0108. The van der Waals surface area contributed by atoms with Gasteiger partial charge in [-0.3, -0.25) is 0 Å². The van der Waals surface area contributed by atoms with E-state index >= 15 is 0 Å². The third-order valence-corrected chi connectivity index (χ3v) is 3.07. The van der Waals surface area contributed by atoms with Gasteiger partial charge in [-0.1, -0.05) is 6.07 Å². The summed E-state index contributed by atoms with van der Waals surface area (Å²) in [5.74, 6) is 0.612. The van der Waals surface area contributed by atoms with Gasteiger partial charge < -0.3 is 15.2 Å². The minimum atomic E-state index is -0.568. The molecule has 5 heteroatoms. The largest absolute Gasteiger partial charge is 0.481 e. The molecule has 0 aliphatic carbocycles. The Morgan fingerprint density at radius 1 is 1.41 bits per heavy atom. The van der Waals surface area contributed by atoms with E-state index in [-0.39, 0.29) is 12.4 Å². The Morgan fingerprint density at radius 2 is 2.12 bits per heavy atom. The Morgan fingerprint density at radius 3 is 2.65 bits per heavy atom. The van der Waals surface area contributed by atoms with Crippen LogP contribution in [0.3, 0.4) is 0 Å². The highest BCUT2D eigenvalue weighted by molar-refractivity contribution is 5.85. The maximum absolute atomic E-state index is 10.4. The lowest BCUT2D eigenvalue weighted by Crippen LogP contribution is -2.43. The van der Waals surface area contributed by atoms with E-state index in [1.54, 1.807) is 13.3 Å². The van der Waals surface area contributed by atoms with Crippen LogP contribution < -0.4 is 10.1 Å². The van der Waals surface area contributed by atoms with Gasteiger partial charge in [-0.15, -0.1) is 12.4 Å². The summed E-state index contributed by atoms with van der Waals surface area (Å²) in [5, 5.41) is 13.6. The zero-order chi connectivity index (χ0) is 11.4. The van der Waals surface area contributed by atoms with Gasteiger partial charge in [0.05, 0.1) is 12.7 Å². The molecule has 0 unspecified atom stereocenters. The number of hydrogen-bond donors (Lipinski definition) is 2. The highest BCUT2D eigenvalue weighted by Gasteiger charge is 2.29. The summed E-state index contributed by atoms with van der Waals surface area (Å²) in [5.41, 5.74) is 0.492. The first-order valence-electron chi connectivity index (χ1n) is 5.64. The molecule has 1 aliphatic heterocycles. The highest BCUT2D eigenvalue weighted by atomic mass is 35.5. The maximum atomic E-state index is 10.4. The smallest absolute Gasteiger partial charge is 0.212 e. The monoisotopic (exact) mass is 258 g/mol. The predicted octanol–water partition coefficient (Wildman–Crippen LogP) is 1.17. The summed E-state index contributed by atoms with van der Waals surface area (Å²) in [4.78, 5) is 4.14. The number of methoxy groups -OCH3 is 1. The van der Waals surface area contributed by atoms with Gasteiger partial charge in [-0.2, -0.15) is 0 Å². The number of aliphatic hydroxyl groups is 1. The number of ether oxygens (including phenoxy) is 1. The minimum absolute atomic E-state index is 0. The molecule has 0 saturated carbocycles. The minimum Gasteiger partial charge on any atom is -0.481 e. The average Bonchev–Trinajstić information content (AvgIpc) is 2.30. The molecule has 17 heavy (non-hydrogen) atoms. The van der Waals surface area contributed by atoms with Crippen LogP contribution in [0, 0.1) is 0 Å². The van der Waals surface area contributed by atoms with Crippen LogP contribution in [-0.2, 0) is 6.42 Å². The van der Waals surface area contributed by atoms with Gasteiger partial charge in [0, 0.05) is 18.7 Å². The molecule has 0 radical (unpaired) electrons. The summed E-state index contributed by atoms with van der Waals surface area (Å²) in [6, 6.07) is 3.80. The topological polar surface area (TPSA) is 54.4 Å². The molecular formula is C12H19ClN2O2. The van der Waals surface area contributed by atoms with Crippen molar-refractivity contribution in [2.75, 3.05) is 20.2 Å². The number of halogens is 1. The van der Waals surface area contributed by atoms with Gasteiger partial charge in [0.1, 0.15) is 0 Å². The number of nitrogens with one attached hydrogen (secondary N) is 1. The van der Waals surface area contributed by atoms with Crippen LogP contribution in [0.1, 0.15) is 18.4 Å². The molecular weight excluding hydrogens is 240 g/mol. The molecule has 96 valence electrons. The van der Waals surface area contributed by atoms with Crippen molar-refractivity contribution < 1.29 is 9.84 Å². The van der Waals surface area contributed by atoms with E-state index in [9.17, 15) is 5.11 Å². The van der Waals surface area contributed by atoms with E-state index in [4.69, 9.17) is 4.74 Å². The molecule has 0 spiro atoms. The fourth-order valence-corrected chi connectivity index (χ4v) is 2.09. The Bertz CT molecular complexity index is 337. The molecule has 0 aromatic carbocycles. The van der Waals surface area contributed by atoms with Crippen LogP contribution in [0.25, 0.3) is 0 Å². The highest BCUT2D eigenvalue weighted by Crippen LogP contribution is 2.23. The molecule has 0 bridgehead atoms. The normalized spacial score (nSPS) is 18.2. The third kappa shape index (κ3) is 3.84. The fourth-order valence-electron chi connectivity index (χ4n) is 2.09. The van der Waals surface area contributed by atoms with E-state index in [2.05, 4.69) is 10.3 Å². The van der Waals surface area contributed by atoms with Crippen molar-refractivity contribution in [3.05, 3.63) is 23.9 Å². The molecule has 1 aromatic rings. The first-order chi connectivity index (χ1) is 7.72. The second-order valence-corrected chi connectivity index (χ2v) is 4.36. The lowest BCUT2D eigenvalue weighted by atomic mass is 9.86. The van der Waals surface area contributed by atoms with Gasteiger partial charge in [0.15, 0.2) is 0 Å². The summed E-state index contributed by atoms with van der Waals surface area (Å²) in [6.45, 7) is 1.78. The van der Waals surface area contributed by atoms with Crippen LogP contribution in [0.4, 0.5) is 0 Å². The number of hydrogen-bond acceptors (Lipinski definition) is 4. The Kier molecular flexibility index (Phi) is 5.18. The van der Waals surface area contributed by atoms with Gasteiger partial charge >= 0.3 is 0 Å². The average molecular weight is 259 g/mol. The number of nitrogens with zero attached hydrogens (tertiary/aromatic N) is 1. The van der Waals surface area contributed by atoms with E-state index < -0.39 is 5.60 Å². The zero-order valence-corrected chi connectivity index (χ0v) is 10.8. The van der Waals surface area contributed by atoms with Crippen LogP contribution in [0.15, 0.2) is 18.3 Å². The van der Waals surface area contributed by atoms with Crippen molar-refractivity contribution in [1.29, 1.82) is 0 Å². The third-order valence-electron chi connectivity index (χ3n) is 3.07. The van der Waals surface area contributed by atoms with Gasteiger partial charge in [-0.05, 0) is 31.5 Å². The number of piperidine rings is 1. The number of pyridine rings is 1. The quantitative estimate of drug-likeness (QED) is 0.855. The zero-order valence-electron chi connectivity index (χ0n) is 9.98. The van der Waals surface area contributed by atoms with Crippen LogP contribution in [-0.4, -0.2) is 35.9 Å². The van der Waals surface area contributed by atoms with Gasteiger partial charge in [0.2, 0.25) is 5.88 Å². The molecule has 1 aliphatic rings. The molecule has 2 heterocycles. The Hall–Kier alpha value is -0.840. The second-order valence-electron chi connectivity index (χ2n) is 4.36. The van der Waals surface area contributed by atoms with Gasteiger partial charge in [0.25, 0.3) is 0 Å². The fraction of sp³-hybridized carbons (Fsp3) is 0.583. The molecule has 2 N–H and O–H groups in total. The second kappa shape index (κ2) is 6.19.